The number of ether oxygens (including phenoxy) is 1. The molecule has 6 nitrogen and oxygen atoms in total. The smallest absolute Gasteiger partial charge is 0.218 e. The van der Waals surface area contributed by atoms with Gasteiger partial charge in [-0.3, -0.25) is 0 Å². The molecule has 1 saturated carbocycles. The van der Waals surface area contributed by atoms with Crippen molar-refractivity contribution in [3.63, 3.8) is 0 Å². The molecule has 0 atom stereocenters. The highest BCUT2D eigenvalue weighted by atomic mass is 32.1. The SMILES string of the molecule is COc1cc(N(C2CC2)C2CCN(c3nccs3)CC2)ncn1. The molecule has 0 spiro atoms. The van der Waals surface area contributed by atoms with Gasteiger partial charge in [-0.15, -0.1) is 11.3 Å². The Morgan fingerprint density at radius 2 is 1.91 bits per heavy atom. The zero-order valence-corrected chi connectivity index (χ0v) is 14.1. The van der Waals surface area contributed by atoms with Crippen LogP contribution in [0.5, 0.6) is 5.88 Å². The van der Waals surface area contributed by atoms with Crippen molar-refractivity contribution >= 4 is 22.3 Å². The highest BCUT2D eigenvalue weighted by Crippen LogP contribution is 2.36. The highest BCUT2D eigenvalue weighted by Gasteiger charge is 2.36. The van der Waals surface area contributed by atoms with Crippen LogP contribution in [-0.2, 0) is 0 Å². The van der Waals surface area contributed by atoms with E-state index in [4.69, 9.17) is 4.74 Å². The molecule has 2 fully saturated rings. The molecule has 1 saturated heterocycles. The van der Waals surface area contributed by atoms with E-state index in [0.29, 0.717) is 18.0 Å². The largest absolute Gasteiger partial charge is 0.481 e. The molecule has 7 heteroatoms. The maximum absolute atomic E-state index is 5.27. The van der Waals surface area contributed by atoms with Gasteiger partial charge in [0, 0.05) is 42.8 Å². The van der Waals surface area contributed by atoms with Gasteiger partial charge in [0.05, 0.1) is 7.11 Å². The molecule has 1 aliphatic carbocycles. The Morgan fingerprint density at radius 1 is 1.13 bits per heavy atom. The summed E-state index contributed by atoms with van der Waals surface area (Å²) in [6.45, 7) is 2.12. The van der Waals surface area contributed by atoms with Crippen molar-refractivity contribution in [1.82, 2.24) is 15.0 Å². The summed E-state index contributed by atoms with van der Waals surface area (Å²) in [6.07, 6.45) is 8.30. The zero-order chi connectivity index (χ0) is 15.6. The van der Waals surface area contributed by atoms with Crippen molar-refractivity contribution in [2.75, 3.05) is 30.0 Å². The van der Waals surface area contributed by atoms with E-state index >= 15 is 0 Å². The van der Waals surface area contributed by atoms with E-state index < -0.39 is 0 Å². The van der Waals surface area contributed by atoms with Crippen molar-refractivity contribution in [2.24, 2.45) is 0 Å². The quantitative estimate of drug-likeness (QED) is 0.839. The lowest BCUT2D eigenvalue weighted by molar-refractivity contribution is 0.395. The van der Waals surface area contributed by atoms with Gasteiger partial charge in [0.1, 0.15) is 12.1 Å². The van der Waals surface area contributed by atoms with Gasteiger partial charge in [0.15, 0.2) is 5.13 Å². The number of nitrogens with zero attached hydrogens (tertiary/aromatic N) is 5. The predicted molar refractivity (Wildman–Crippen MR) is 91.4 cm³/mol. The van der Waals surface area contributed by atoms with E-state index in [2.05, 4.69) is 24.8 Å². The summed E-state index contributed by atoms with van der Waals surface area (Å²) < 4.78 is 5.27. The lowest BCUT2D eigenvalue weighted by Crippen LogP contribution is -2.46. The Bertz CT molecular complexity index is 638. The van der Waals surface area contributed by atoms with Gasteiger partial charge in [0.2, 0.25) is 5.88 Å². The maximum atomic E-state index is 5.27. The van der Waals surface area contributed by atoms with Crippen LogP contribution in [0.3, 0.4) is 0 Å². The van der Waals surface area contributed by atoms with Gasteiger partial charge in [-0.1, -0.05) is 0 Å². The molecule has 0 unspecified atom stereocenters. The third kappa shape index (κ3) is 3.10. The van der Waals surface area contributed by atoms with Gasteiger partial charge < -0.3 is 14.5 Å². The zero-order valence-electron chi connectivity index (χ0n) is 13.3. The topological polar surface area (TPSA) is 54.4 Å². The standard InChI is InChI=1S/C16H21N5OS/c1-22-15-10-14(18-11-19-15)21(12-2-3-12)13-4-7-20(8-5-13)16-17-6-9-23-16/h6,9-13H,2-5,7-8H2,1H3. The van der Waals surface area contributed by atoms with Crippen molar-refractivity contribution in [3.8, 4) is 5.88 Å². The number of anilines is 2. The van der Waals surface area contributed by atoms with Crippen molar-refractivity contribution < 1.29 is 4.74 Å². The van der Waals surface area contributed by atoms with Gasteiger partial charge >= 0.3 is 0 Å². The molecule has 0 amide bonds. The minimum absolute atomic E-state index is 0.540. The van der Waals surface area contributed by atoms with Crippen molar-refractivity contribution in [3.05, 3.63) is 24.0 Å². The summed E-state index contributed by atoms with van der Waals surface area (Å²) in [7, 11) is 1.65. The molecule has 0 radical (unpaired) electrons. The number of rotatable bonds is 5. The number of hydrogen-bond donors (Lipinski definition) is 0. The molecule has 3 heterocycles. The summed E-state index contributed by atoms with van der Waals surface area (Å²) in [5.41, 5.74) is 0. The molecular weight excluding hydrogens is 310 g/mol. The second-order valence-corrected chi connectivity index (χ2v) is 6.96. The van der Waals surface area contributed by atoms with Crippen LogP contribution in [0.25, 0.3) is 0 Å². The van der Waals surface area contributed by atoms with Crippen LogP contribution in [0.4, 0.5) is 10.9 Å². The number of hydrogen-bond acceptors (Lipinski definition) is 7. The van der Waals surface area contributed by atoms with Crippen LogP contribution < -0.4 is 14.5 Å². The minimum Gasteiger partial charge on any atom is -0.481 e. The average molecular weight is 331 g/mol. The number of thiazole rings is 1. The van der Waals surface area contributed by atoms with Crippen LogP contribution in [-0.4, -0.2) is 47.2 Å². The van der Waals surface area contributed by atoms with Gasteiger partial charge in [-0.05, 0) is 25.7 Å². The van der Waals surface area contributed by atoms with Gasteiger partial charge in [-0.2, -0.15) is 0 Å². The Hall–Kier alpha value is -1.89. The molecule has 1 aliphatic heterocycles. The van der Waals surface area contributed by atoms with Crippen molar-refractivity contribution in [1.29, 1.82) is 0 Å². The summed E-state index contributed by atoms with van der Waals surface area (Å²) in [5.74, 6) is 1.65. The van der Waals surface area contributed by atoms with E-state index in [-0.39, 0.29) is 0 Å². The fourth-order valence-corrected chi connectivity index (χ4v) is 4.01. The molecule has 23 heavy (non-hydrogen) atoms. The van der Waals surface area contributed by atoms with Crippen LogP contribution in [0.1, 0.15) is 25.7 Å². The fourth-order valence-electron chi connectivity index (χ4n) is 3.32. The second kappa shape index (κ2) is 6.31. The first-order valence-electron chi connectivity index (χ1n) is 8.14. The van der Waals surface area contributed by atoms with E-state index in [9.17, 15) is 0 Å². The van der Waals surface area contributed by atoms with E-state index in [1.165, 1.54) is 12.8 Å². The molecule has 0 N–H and O–H groups in total. The highest BCUT2D eigenvalue weighted by molar-refractivity contribution is 7.13. The maximum Gasteiger partial charge on any atom is 0.218 e. The summed E-state index contributed by atoms with van der Waals surface area (Å²) in [6, 6.07) is 3.13. The molecular formula is C16H21N5OS. The molecule has 2 aliphatic rings. The fraction of sp³-hybridized carbons (Fsp3) is 0.562. The summed E-state index contributed by atoms with van der Waals surface area (Å²) in [5, 5.41) is 3.19. The molecule has 2 aromatic rings. The van der Waals surface area contributed by atoms with E-state index in [1.54, 1.807) is 24.8 Å². The third-order valence-corrected chi connectivity index (χ3v) is 5.42. The third-order valence-electron chi connectivity index (χ3n) is 4.59. The molecule has 0 bridgehead atoms. The minimum atomic E-state index is 0.540. The molecule has 4 rings (SSSR count). The normalized spacial score (nSPS) is 18.9. The number of aromatic nitrogens is 3. The van der Waals surface area contributed by atoms with Gasteiger partial charge in [-0.25, -0.2) is 15.0 Å². The van der Waals surface area contributed by atoms with Crippen LogP contribution >= 0.6 is 11.3 Å². The van der Waals surface area contributed by atoms with Crippen molar-refractivity contribution in [2.45, 2.75) is 37.8 Å². The number of piperidine rings is 1. The lowest BCUT2D eigenvalue weighted by Gasteiger charge is -2.39. The lowest BCUT2D eigenvalue weighted by atomic mass is 10.0. The second-order valence-electron chi connectivity index (χ2n) is 6.09. The molecule has 122 valence electrons. The monoisotopic (exact) mass is 331 g/mol. The van der Waals surface area contributed by atoms with E-state index in [1.807, 2.05) is 17.6 Å². The first-order chi connectivity index (χ1) is 11.3. The average Bonchev–Trinajstić information content (AvgIpc) is 3.28. The predicted octanol–water partition coefficient (Wildman–Crippen LogP) is 2.58. The Kier molecular flexibility index (Phi) is 4.03. The first-order valence-corrected chi connectivity index (χ1v) is 9.02. The molecule has 0 aromatic carbocycles. The first kappa shape index (κ1) is 14.7. The Morgan fingerprint density at radius 3 is 2.57 bits per heavy atom. The van der Waals surface area contributed by atoms with Gasteiger partial charge in [0.25, 0.3) is 0 Å². The molecule has 2 aromatic heterocycles. The van der Waals surface area contributed by atoms with Crippen LogP contribution in [0.15, 0.2) is 24.0 Å². The summed E-state index contributed by atoms with van der Waals surface area (Å²) in [4.78, 5) is 18.0. The number of methoxy groups -OCH3 is 1. The Labute approximate surface area is 140 Å². The van der Waals surface area contributed by atoms with Crippen LogP contribution in [0, 0.1) is 0 Å². The Balaban J connectivity index is 1.48. The van der Waals surface area contributed by atoms with E-state index in [0.717, 1.165) is 36.9 Å². The van der Waals surface area contributed by atoms with Crippen LogP contribution in [0.2, 0.25) is 0 Å². The summed E-state index contributed by atoms with van der Waals surface area (Å²) >= 11 is 1.72.